The summed E-state index contributed by atoms with van der Waals surface area (Å²) in [6, 6.07) is 2.09. The molecule has 2 aromatic rings. The van der Waals surface area contributed by atoms with Gasteiger partial charge in [-0.05, 0) is 18.9 Å². The van der Waals surface area contributed by atoms with Crippen LogP contribution in [0.25, 0.3) is 10.2 Å². The highest BCUT2D eigenvalue weighted by atomic mass is 32.1. The standard InChI is InChI=1S/C13H21N5O2S/c1-3-9-6-10-11(15-5-4-8(19)7-20-2)16-13(18-14)17-12(10)21-9/h6,8,19H,3-5,7,14H2,1-2H3,(H2,15,16,17,18). The van der Waals surface area contributed by atoms with Gasteiger partial charge in [-0.25, -0.2) is 10.8 Å². The van der Waals surface area contributed by atoms with Gasteiger partial charge in [-0.2, -0.15) is 4.98 Å². The molecule has 0 aliphatic rings. The van der Waals surface area contributed by atoms with Crippen LogP contribution in [0.1, 0.15) is 18.2 Å². The number of fused-ring (bicyclic) bond motifs is 1. The quantitative estimate of drug-likeness (QED) is 0.431. The van der Waals surface area contributed by atoms with Crippen molar-refractivity contribution in [3.8, 4) is 0 Å². The third kappa shape index (κ3) is 4.01. The van der Waals surface area contributed by atoms with Crippen molar-refractivity contribution in [2.45, 2.75) is 25.9 Å². The molecule has 2 heterocycles. The lowest BCUT2D eigenvalue weighted by Crippen LogP contribution is -2.19. The molecule has 0 aliphatic heterocycles. The fourth-order valence-corrected chi connectivity index (χ4v) is 2.94. The van der Waals surface area contributed by atoms with Crippen LogP contribution in [0, 0.1) is 0 Å². The molecule has 0 bridgehead atoms. The molecule has 1 atom stereocenters. The van der Waals surface area contributed by atoms with Crippen LogP contribution >= 0.6 is 11.3 Å². The van der Waals surface area contributed by atoms with E-state index < -0.39 is 6.10 Å². The Balaban J connectivity index is 2.15. The Morgan fingerprint density at radius 2 is 2.29 bits per heavy atom. The second-order valence-corrected chi connectivity index (χ2v) is 5.77. The van der Waals surface area contributed by atoms with Crippen molar-refractivity contribution < 1.29 is 9.84 Å². The van der Waals surface area contributed by atoms with Gasteiger partial charge in [-0.3, -0.25) is 5.43 Å². The first-order valence-corrected chi connectivity index (χ1v) is 7.67. The molecular weight excluding hydrogens is 290 g/mol. The monoisotopic (exact) mass is 311 g/mol. The van der Waals surface area contributed by atoms with Crippen molar-refractivity contribution in [1.82, 2.24) is 9.97 Å². The van der Waals surface area contributed by atoms with Gasteiger partial charge in [0, 0.05) is 18.5 Å². The Kier molecular flexibility index (Phi) is 5.68. The number of nitrogens with zero attached hydrogens (tertiary/aromatic N) is 2. The number of hydrogen-bond acceptors (Lipinski definition) is 8. The van der Waals surface area contributed by atoms with E-state index in [2.05, 4.69) is 33.7 Å². The number of anilines is 2. The average molecular weight is 311 g/mol. The summed E-state index contributed by atoms with van der Waals surface area (Å²) < 4.78 is 4.90. The van der Waals surface area contributed by atoms with Crippen LogP contribution in [0.2, 0.25) is 0 Å². The maximum Gasteiger partial charge on any atom is 0.240 e. The Labute approximate surface area is 127 Å². The highest BCUT2D eigenvalue weighted by Gasteiger charge is 2.11. The van der Waals surface area contributed by atoms with Gasteiger partial charge >= 0.3 is 0 Å². The molecule has 5 N–H and O–H groups in total. The third-order valence-corrected chi connectivity index (χ3v) is 4.22. The predicted molar refractivity (Wildman–Crippen MR) is 85.6 cm³/mol. The number of hydrogen-bond donors (Lipinski definition) is 4. The van der Waals surface area contributed by atoms with Crippen LogP contribution in [-0.2, 0) is 11.2 Å². The third-order valence-electron chi connectivity index (χ3n) is 3.05. The van der Waals surface area contributed by atoms with E-state index in [1.807, 2.05) is 0 Å². The number of ether oxygens (including phenoxy) is 1. The van der Waals surface area contributed by atoms with Crippen LogP contribution < -0.4 is 16.6 Å². The highest BCUT2D eigenvalue weighted by molar-refractivity contribution is 7.18. The number of nitrogens with one attached hydrogen (secondary N) is 2. The smallest absolute Gasteiger partial charge is 0.240 e. The zero-order valence-corrected chi connectivity index (χ0v) is 13.0. The second-order valence-electron chi connectivity index (χ2n) is 4.65. The van der Waals surface area contributed by atoms with Gasteiger partial charge in [-0.15, -0.1) is 11.3 Å². The summed E-state index contributed by atoms with van der Waals surface area (Å²) in [6.07, 6.45) is 1.05. The molecular formula is C13H21N5O2S. The van der Waals surface area contributed by atoms with Gasteiger partial charge < -0.3 is 15.2 Å². The van der Waals surface area contributed by atoms with Crippen molar-refractivity contribution in [3.05, 3.63) is 10.9 Å². The van der Waals surface area contributed by atoms with E-state index in [9.17, 15) is 5.11 Å². The number of hydrazine groups is 1. The maximum absolute atomic E-state index is 9.66. The largest absolute Gasteiger partial charge is 0.391 e. The van der Waals surface area contributed by atoms with Crippen LogP contribution in [0.4, 0.5) is 11.8 Å². The Morgan fingerprint density at radius 3 is 2.95 bits per heavy atom. The van der Waals surface area contributed by atoms with Gasteiger partial charge in [-0.1, -0.05) is 6.92 Å². The number of aliphatic hydroxyl groups is 1. The number of aromatic nitrogens is 2. The molecule has 8 heteroatoms. The number of thiophene rings is 1. The van der Waals surface area contributed by atoms with E-state index in [1.165, 1.54) is 4.88 Å². The number of nitrogens with two attached hydrogens (primary N) is 1. The van der Waals surface area contributed by atoms with E-state index in [4.69, 9.17) is 10.6 Å². The van der Waals surface area contributed by atoms with Crippen LogP contribution in [0.15, 0.2) is 6.07 Å². The molecule has 0 aromatic carbocycles. The molecule has 0 saturated carbocycles. The summed E-state index contributed by atoms with van der Waals surface area (Å²) >= 11 is 1.63. The van der Waals surface area contributed by atoms with Crippen LogP contribution in [0.3, 0.4) is 0 Å². The van der Waals surface area contributed by atoms with E-state index in [0.717, 1.165) is 22.5 Å². The first kappa shape index (κ1) is 15.9. The second kappa shape index (κ2) is 7.51. The van der Waals surface area contributed by atoms with Crippen molar-refractivity contribution >= 4 is 33.3 Å². The SMILES string of the molecule is CCc1cc2c(NCCC(O)COC)nc(NN)nc2s1. The number of nitrogen functional groups attached to an aromatic ring is 1. The van der Waals surface area contributed by atoms with Crippen molar-refractivity contribution in [2.75, 3.05) is 31.0 Å². The summed E-state index contributed by atoms with van der Waals surface area (Å²) in [5, 5.41) is 13.9. The summed E-state index contributed by atoms with van der Waals surface area (Å²) in [5.41, 5.74) is 2.48. The van der Waals surface area contributed by atoms with Crippen molar-refractivity contribution in [3.63, 3.8) is 0 Å². The fourth-order valence-electron chi connectivity index (χ4n) is 1.98. The lowest BCUT2D eigenvalue weighted by molar-refractivity contribution is 0.0615. The van der Waals surface area contributed by atoms with Gasteiger partial charge in [0.1, 0.15) is 10.6 Å². The molecule has 0 fully saturated rings. The van der Waals surface area contributed by atoms with Gasteiger partial charge in [0.15, 0.2) is 0 Å². The predicted octanol–water partition coefficient (Wildman–Crippen LogP) is 1.35. The lowest BCUT2D eigenvalue weighted by Gasteiger charge is -2.11. The lowest BCUT2D eigenvalue weighted by atomic mass is 10.2. The van der Waals surface area contributed by atoms with E-state index in [0.29, 0.717) is 25.5 Å². The molecule has 21 heavy (non-hydrogen) atoms. The van der Waals surface area contributed by atoms with E-state index in [-0.39, 0.29) is 0 Å². The molecule has 2 aromatic heterocycles. The molecule has 1 unspecified atom stereocenters. The fraction of sp³-hybridized carbons (Fsp3) is 0.538. The van der Waals surface area contributed by atoms with Crippen LogP contribution in [-0.4, -0.2) is 41.4 Å². The average Bonchev–Trinajstić information content (AvgIpc) is 2.90. The zero-order valence-electron chi connectivity index (χ0n) is 12.2. The Morgan fingerprint density at radius 1 is 1.48 bits per heavy atom. The topological polar surface area (TPSA) is 105 Å². The van der Waals surface area contributed by atoms with Crippen molar-refractivity contribution in [2.24, 2.45) is 5.84 Å². The van der Waals surface area contributed by atoms with Gasteiger partial charge in [0.05, 0.1) is 18.1 Å². The first-order valence-electron chi connectivity index (χ1n) is 6.85. The summed E-state index contributed by atoms with van der Waals surface area (Å²) in [7, 11) is 1.57. The molecule has 0 amide bonds. The number of rotatable bonds is 8. The summed E-state index contributed by atoms with van der Waals surface area (Å²) in [4.78, 5) is 10.8. The minimum Gasteiger partial charge on any atom is -0.391 e. The number of aryl methyl sites for hydroxylation is 1. The number of methoxy groups -OCH3 is 1. The van der Waals surface area contributed by atoms with E-state index >= 15 is 0 Å². The molecule has 7 nitrogen and oxygen atoms in total. The zero-order chi connectivity index (χ0) is 15.2. The van der Waals surface area contributed by atoms with Crippen LogP contribution in [0.5, 0.6) is 0 Å². The minimum absolute atomic E-state index is 0.328. The first-order chi connectivity index (χ1) is 10.2. The van der Waals surface area contributed by atoms with Crippen molar-refractivity contribution in [1.29, 1.82) is 0 Å². The molecule has 116 valence electrons. The highest BCUT2D eigenvalue weighted by Crippen LogP contribution is 2.30. The maximum atomic E-state index is 9.66. The molecule has 0 spiro atoms. The minimum atomic E-state index is -0.486. The molecule has 0 saturated heterocycles. The number of aliphatic hydroxyl groups excluding tert-OH is 1. The molecule has 0 radical (unpaired) electrons. The summed E-state index contributed by atoms with van der Waals surface area (Å²) in [5.74, 6) is 6.52. The van der Waals surface area contributed by atoms with Gasteiger partial charge in [0.25, 0.3) is 0 Å². The van der Waals surface area contributed by atoms with E-state index in [1.54, 1.807) is 18.4 Å². The Bertz CT molecular complexity index is 589. The molecule has 0 aliphatic carbocycles. The Hall–Kier alpha value is -1.48. The normalized spacial score (nSPS) is 12.6. The molecule has 2 rings (SSSR count). The van der Waals surface area contributed by atoms with Gasteiger partial charge in [0.2, 0.25) is 5.95 Å². The summed E-state index contributed by atoms with van der Waals surface area (Å²) in [6.45, 7) is 3.03.